The Morgan fingerprint density at radius 1 is 0.867 bits per heavy atom. The topological polar surface area (TPSA) is 63.2 Å². The number of ketones is 1. The molecule has 0 spiro atoms. The number of allylic oxidation sites excluding steroid dienone is 1. The summed E-state index contributed by atoms with van der Waals surface area (Å²) in [6.45, 7) is 2.11. The molecule has 162 valence electrons. The van der Waals surface area contributed by atoms with Crippen molar-refractivity contribution in [3.8, 4) is 23.0 Å². The molecule has 8 heteroatoms. The van der Waals surface area contributed by atoms with Crippen molar-refractivity contribution in [3.63, 3.8) is 0 Å². The molecular weight excluding hydrogens is 398 g/mol. The number of benzene rings is 2. The highest BCUT2D eigenvalue weighted by molar-refractivity contribution is 6.10. The first-order valence-corrected chi connectivity index (χ1v) is 9.12. The van der Waals surface area contributed by atoms with E-state index in [-0.39, 0.29) is 35.0 Å². The molecule has 0 saturated heterocycles. The summed E-state index contributed by atoms with van der Waals surface area (Å²) in [5, 5.41) is 0. The largest absolute Gasteiger partial charge is 0.493 e. The van der Waals surface area contributed by atoms with Gasteiger partial charge in [0.15, 0.2) is 34.6 Å². The molecule has 0 aliphatic heterocycles. The highest BCUT2D eigenvalue weighted by Gasteiger charge is 2.21. The maximum atomic E-state index is 14.1. The van der Waals surface area contributed by atoms with Gasteiger partial charge in [0.25, 0.3) is 0 Å². The zero-order chi connectivity index (χ0) is 22.3. The molecule has 6 nitrogen and oxygen atoms in total. The second-order valence-corrected chi connectivity index (χ2v) is 6.12. The summed E-state index contributed by atoms with van der Waals surface area (Å²) >= 11 is 0. The van der Waals surface area contributed by atoms with Gasteiger partial charge in [0, 0.05) is 5.56 Å². The molecule has 0 aliphatic carbocycles. The van der Waals surface area contributed by atoms with E-state index < -0.39 is 23.2 Å². The summed E-state index contributed by atoms with van der Waals surface area (Å²) in [5.74, 6) is -1.98. The Hall–Kier alpha value is -3.29. The third-order valence-electron chi connectivity index (χ3n) is 4.13. The summed E-state index contributed by atoms with van der Waals surface area (Å²) in [6, 6.07) is 5.06. The lowest BCUT2D eigenvalue weighted by Crippen LogP contribution is -2.09. The molecule has 0 bridgehead atoms. The molecule has 0 fully saturated rings. The van der Waals surface area contributed by atoms with Gasteiger partial charge in [0.2, 0.25) is 11.5 Å². The first-order chi connectivity index (χ1) is 14.4. The minimum absolute atomic E-state index is 0.0879. The monoisotopic (exact) mass is 422 g/mol. The van der Waals surface area contributed by atoms with Gasteiger partial charge in [-0.1, -0.05) is 6.92 Å². The number of methoxy groups -OCH3 is 4. The van der Waals surface area contributed by atoms with Crippen LogP contribution in [0.25, 0.3) is 6.08 Å². The molecule has 2 aromatic carbocycles. The Morgan fingerprint density at radius 3 is 1.83 bits per heavy atom. The number of halogens is 2. The first-order valence-electron chi connectivity index (χ1n) is 9.12. The number of hydrogen-bond acceptors (Lipinski definition) is 6. The van der Waals surface area contributed by atoms with Crippen LogP contribution in [0.3, 0.4) is 0 Å². The Balaban J connectivity index is 2.54. The van der Waals surface area contributed by atoms with Crippen molar-refractivity contribution in [3.05, 3.63) is 52.8 Å². The first kappa shape index (κ1) is 23.0. The quantitative estimate of drug-likeness (QED) is 0.316. The van der Waals surface area contributed by atoms with Gasteiger partial charge in [0.1, 0.15) is 0 Å². The van der Waals surface area contributed by atoms with E-state index >= 15 is 0 Å². The van der Waals surface area contributed by atoms with Gasteiger partial charge in [-0.25, -0.2) is 8.78 Å². The predicted molar refractivity (Wildman–Crippen MR) is 108 cm³/mol. The average Bonchev–Trinajstić information content (AvgIpc) is 2.74. The van der Waals surface area contributed by atoms with Crippen molar-refractivity contribution in [1.82, 2.24) is 0 Å². The van der Waals surface area contributed by atoms with E-state index in [1.807, 2.05) is 6.92 Å². The third kappa shape index (κ3) is 5.00. The van der Waals surface area contributed by atoms with Crippen molar-refractivity contribution in [2.24, 2.45) is 0 Å². The zero-order valence-electron chi connectivity index (χ0n) is 17.5. The van der Waals surface area contributed by atoms with Crippen LogP contribution in [0.15, 0.2) is 30.0 Å². The molecule has 0 aromatic heterocycles. The van der Waals surface area contributed by atoms with Crippen LogP contribution < -0.4 is 18.9 Å². The molecule has 0 radical (unpaired) electrons. The second kappa shape index (κ2) is 10.5. The minimum atomic E-state index is -0.890. The van der Waals surface area contributed by atoms with Crippen molar-refractivity contribution < 1.29 is 37.3 Å². The van der Waals surface area contributed by atoms with Crippen LogP contribution in [0.2, 0.25) is 0 Å². The smallest absolute Gasteiger partial charge is 0.227 e. The summed E-state index contributed by atoms with van der Waals surface area (Å²) < 4.78 is 54.2. The highest BCUT2D eigenvalue weighted by atomic mass is 19.1. The molecule has 30 heavy (non-hydrogen) atoms. The van der Waals surface area contributed by atoms with E-state index in [4.69, 9.17) is 18.9 Å². The molecule has 0 N–H and O–H groups in total. The molecule has 0 heterocycles. The van der Waals surface area contributed by atoms with E-state index in [0.29, 0.717) is 12.2 Å². The van der Waals surface area contributed by atoms with E-state index in [1.165, 1.54) is 46.6 Å². The van der Waals surface area contributed by atoms with Gasteiger partial charge in [-0.3, -0.25) is 4.79 Å². The Morgan fingerprint density at radius 2 is 1.40 bits per heavy atom. The maximum Gasteiger partial charge on any atom is 0.227 e. The van der Waals surface area contributed by atoms with Crippen molar-refractivity contribution in [2.75, 3.05) is 35.0 Å². The molecule has 0 unspecified atom stereocenters. The number of Topliss-reactive ketones (excluding diaryl/α,β-unsaturated/α-hetero) is 1. The van der Waals surface area contributed by atoms with Crippen LogP contribution in [0.1, 0.15) is 29.3 Å². The Bertz CT molecular complexity index is 891. The molecule has 2 aromatic rings. The molecular formula is C22H24F2O6. The van der Waals surface area contributed by atoms with Crippen molar-refractivity contribution in [1.29, 1.82) is 0 Å². The number of rotatable bonds is 10. The van der Waals surface area contributed by atoms with Crippen LogP contribution >= 0.6 is 0 Å². The lowest BCUT2D eigenvalue weighted by atomic mass is 10.1. The molecule has 0 saturated carbocycles. The second-order valence-electron chi connectivity index (χ2n) is 6.12. The van der Waals surface area contributed by atoms with Gasteiger partial charge in [0.05, 0.1) is 35.0 Å². The van der Waals surface area contributed by atoms with E-state index in [2.05, 4.69) is 4.74 Å². The fraction of sp³-hybridized carbons (Fsp3) is 0.318. The molecule has 0 atom stereocenters. The normalized spacial score (nSPS) is 11.1. The van der Waals surface area contributed by atoms with Crippen LogP contribution in [0.5, 0.6) is 23.0 Å². The SMILES string of the molecule is CCCO/C(=C\c1cc(F)c(OC)c(F)c1)C(=O)c1cc(OC)c(OC)c(OC)c1. The summed E-state index contributed by atoms with van der Waals surface area (Å²) in [5.41, 5.74) is 0.305. The van der Waals surface area contributed by atoms with Crippen LogP contribution in [0.4, 0.5) is 8.78 Å². The van der Waals surface area contributed by atoms with Gasteiger partial charge in [-0.2, -0.15) is 0 Å². The number of ether oxygens (including phenoxy) is 5. The van der Waals surface area contributed by atoms with Gasteiger partial charge in [-0.05, 0) is 42.3 Å². The summed E-state index contributed by atoms with van der Waals surface area (Å²) in [7, 11) is 5.47. The van der Waals surface area contributed by atoms with E-state index in [0.717, 1.165) is 12.1 Å². The molecule has 0 amide bonds. The number of carbonyl (C=O) groups is 1. The Kier molecular flexibility index (Phi) is 8.03. The van der Waals surface area contributed by atoms with Crippen molar-refractivity contribution in [2.45, 2.75) is 13.3 Å². The Labute approximate surface area is 174 Å². The fourth-order valence-corrected chi connectivity index (χ4v) is 2.75. The lowest BCUT2D eigenvalue weighted by Gasteiger charge is -2.15. The van der Waals surface area contributed by atoms with Crippen LogP contribution in [0, 0.1) is 11.6 Å². The van der Waals surface area contributed by atoms with E-state index in [1.54, 1.807) is 0 Å². The number of carbonyl (C=O) groups excluding carboxylic acids is 1. The average molecular weight is 422 g/mol. The summed E-state index contributed by atoms with van der Waals surface area (Å²) in [6.07, 6.45) is 1.90. The van der Waals surface area contributed by atoms with Gasteiger partial charge >= 0.3 is 0 Å². The maximum absolute atomic E-state index is 14.1. The predicted octanol–water partition coefficient (Wildman–Crippen LogP) is 4.65. The number of hydrogen-bond donors (Lipinski definition) is 0. The van der Waals surface area contributed by atoms with Gasteiger partial charge in [-0.15, -0.1) is 0 Å². The highest BCUT2D eigenvalue weighted by Crippen LogP contribution is 2.39. The van der Waals surface area contributed by atoms with Crippen LogP contribution in [-0.2, 0) is 4.74 Å². The van der Waals surface area contributed by atoms with E-state index in [9.17, 15) is 13.6 Å². The molecule has 0 aliphatic rings. The fourth-order valence-electron chi connectivity index (χ4n) is 2.75. The van der Waals surface area contributed by atoms with Crippen LogP contribution in [-0.4, -0.2) is 40.8 Å². The standard InChI is InChI=1S/C22H24F2O6/c1-6-7-30-17(10-13-8-15(23)21(28-4)16(24)9-13)20(25)14-11-18(26-2)22(29-5)19(12-14)27-3/h8-12H,6-7H2,1-5H3/b17-10-. The van der Waals surface area contributed by atoms with Crippen molar-refractivity contribution >= 4 is 11.9 Å². The zero-order valence-corrected chi connectivity index (χ0v) is 17.5. The lowest BCUT2D eigenvalue weighted by molar-refractivity contribution is 0.0922. The third-order valence-corrected chi connectivity index (χ3v) is 4.13. The minimum Gasteiger partial charge on any atom is -0.493 e. The van der Waals surface area contributed by atoms with Gasteiger partial charge < -0.3 is 23.7 Å². The molecule has 2 rings (SSSR count). The summed E-state index contributed by atoms with van der Waals surface area (Å²) in [4.78, 5) is 13.1.